The number of likely N-dealkylation sites (tertiary alicyclic amines) is 1. The molecule has 3 rings (SSSR count). The average molecular weight is 259 g/mol. The first kappa shape index (κ1) is 13.1. The predicted molar refractivity (Wildman–Crippen MR) is 78.4 cm³/mol. The van der Waals surface area contributed by atoms with Gasteiger partial charge in [-0.2, -0.15) is 0 Å². The lowest BCUT2D eigenvalue weighted by Crippen LogP contribution is -2.37. The predicted octanol–water partition coefficient (Wildman–Crippen LogP) is 2.87. The number of aryl methyl sites for hydroxylation is 1. The van der Waals surface area contributed by atoms with Gasteiger partial charge in [0.2, 0.25) is 0 Å². The second-order valence-electron chi connectivity index (χ2n) is 6.47. The van der Waals surface area contributed by atoms with E-state index in [1.807, 2.05) is 0 Å². The Balaban J connectivity index is 1.56. The third kappa shape index (κ3) is 3.01. The van der Waals surface area contributed by atoms with Gasteiger partial charge in [-0.15, -0.1) is 0 Å². The van der Waals surface area contributed by atoms with Gasteiger partial charge in [0.25, 0.3) is 0 Å². The van der Waals surface area contributed by atoms with E-state index in [9.17, 15) is 5.11 Å². The van der Waals surface area contributed by atoms with Crippen LogP contribution in [-0.2, 0) is 5.41 Å². The number of aliphatic hydroxyl groups excluding tert-OH is 1. The van der Waals surface area contributed by atoms with Crippen molar-refractivity contribution in [1.82, 2.24) is 4.90 Å². The third-order valence-electron chi connectivity index (χ3n) is 4.98. The van der Waals surface area contributed by atoms with Crippen molar-refractivity contribution in [3.63, 3.8) is 0 Å². The average Bonchev–Trinajstić information content (AvgIpc) is 3.20. The minimum Gasteiger partial charge on any atom is -0.393 e. The minimum absolute atomic E-state index is 0.0526. The van der Waals surface area contributed by atoms with Crippen molar-refractivity contribution in [2.24, 2.45) is 0 Å². The fourth-order valence-electron chi connectivity index (χ4n) is 3.26. The van der Waals surface area contributed by atoms with E-state index in [0.29, 0.717) is 5.41 Å². The number of aliphatic hydroxyl groups is 1. The van der Waals surface area contributed by atoms with Crippen LogP contribution in [0.25, 0.3) is 0 Å². The molecule has 0 unspecified atom stereocenters. The lowest BCUT2D eigenvalue weighted by molar-refractivity contribution is 0.0807. The molecule has 1 N–H and O–H groups in total. The van der Waals surface area contributed by atoms with Crippen molar-refractivity contribution in [1.29, 1.82) is 0 Å². The standard InChI is InChI=1S/C17H25NO/c1-14-2-4-15(5-3-14)17(8-9-17)10-13-18-11-6-16(19)7-12-18/h2-5,16,19H,6-13H2,1H3. The molecule has 2 fully saturated rings. The lowest BCUT2D eigenvalue weighted by atomic mass is 9.91. The van der Waals surface area contributed by atoms with Crippen LogP contribution in [0.5, 0.6) is 0 Å². The summed E-state index contributed by atoms with van der Waals surface area (Å²) < 4.78 is 0. The number of piperidine rings is 1. The van der Waals surface area contributed by atoms with Crippen LogP contribution in [0.2, 0.25) is 0 Å². The van der Waals surface area contributed by atoms with Crippen LogP contribution >= 0.6 is 0 Å². The highest BCUT2D eigenvalue weighted by molar-refractivity contribution is 5.33. The summed E-state index contributed by atoms with van der Waals surface area (Å²) in [6.07, 6.45) is 5.85. The molecular formula is C17H25NO. The summed E-state index contributed by atoms with van der Waals surface area (Å²) in [4.78, 5) is 2.53. The first-order chi connectivity index (χ1) is 9.18. The van der Waals surface area contributed by atoms with Gasteiger partial charge in [-0.05, 0) is 56.6 Å². The fraction of sp³-hybridized carbons (Fsp3) is 0.647. The number of rotatable bonds is 4. The van der Waals surface area contributed by atoms with Gasteiger partial charge in [0.05, 0.1) is 6.10 Å². The highest BCUT2D eigenvalue weighted by Gasteiger charge is 2.43. The van der Waals surface area contributed by atoms with Crippen molar-refractivity contribution in [2.45, 2.75) is 50.5 Å². The first-order valence-corrected chi connectivity index (χ1v) is 7.66. The Labute approximate surface area is 116 Å². The van der Waals surface area contributed by atoms with E-state index in [1.54, 1.807) is 0 Å². The maximum atomic E-state index is 9.54. The Morgan fingerprint density at radius 1 is 1.16 bits per heavy atom. The van der Waals surface area contributed by atoms with Crippen LogP contribution in [0.4, 0.5) is 0 Å². The minimum atomic E-state index is -0.0526. The SMILES string of the molecule is Cc1ccc(C2(CCN3CCC(O)CC3)CC2)cc1. The molecular weight excluding hydrogens is 234 g/mol. The molecule has 0 radical (unpaired) electrons. The van der Waals surface area contributed by atoms with Gasteiger partial charge in [0.1, 0.15) is 0 Å². The van der Waals surface area contributed by atoms with E-state index in [1.165, 1.54) is 36.9 Å². The van der Waals surface area contributed by atoms with E-state index < -0.39 is 0 Å². The molecule has 1 aliphatic heterocycles. The smallest absolute Gasteiger partial charge is 0.0564 e. The molecule has 1 saturated heterocycles. The number of hydrogen-bond acceptors (Lipinski definition) is 2. The molecule has 0 spiro atoms. The first-order valence-electron chi connectivity index (χ1n) is 7.66. The summed E-state index contributed by atoms with van der Waals surface area (Å²) >= 11 is 0. The van der Waals surface area contributed by atoms with Crippen molar-refractivity contribution in [3.05, 3.63) is 35.4 Å². The molecule has 0 aromatic heterocycles. The van der Waals surface area contributed by atoms with Gasteiger partial charge < -0.3 is 10.0 Å². The van der Waals surface area contributed by atoms with E-state index in [0.717, 1.165) is 25.9 Å². The molecule has 1 aliphatic carbocycles. The number of benzene rings is 1. The molecule has 1 aromatic rings. The quantitative estimate of drug-likeness (QED) is 0.898. The molecule has 2 heteroatoms. The van der Waals surface area contributed by atoms with Crippen LogP contribution in [0, 0.1) is 6.92 Å². The molecule has 104 valence electrons. The van der Waals surface area contributed by atoms with Crippen molar-refractivity contribution < 1.29 is 5.11 Å². The third-order valence-corrected chi connectivity index (χ3v) is 4.98. The summed E-state index contributed by atoms with van der Waals surface area (Å²) in [7, 11) is 0. The Morgan fingerprint density at radius 3 is 2.37 bits per heavy atom. The number of nitrogens with zero attached hydrogens (tertiary/aromatic N) is 1. The Hall–Kier alpha value is -0.860. The zero-order chi connectivity index (χ0) is 13.3. The summed E-state index contributed by atoms with van der Waals surface area (Å²) in [5, 5.41) is 9.54. The van der Waals surface area contributed by atoms with Crippen molar-refractivity contribution in [2.75, 3.05) is 19.6 Å². The van der Waals surface area contributed by atoms with Gasteiger partial charge in [0.15, 0.2) is 0 Å². The summed E-state index contributed by atoms with van der Waals surface area (Å²) in [6, 6.07) is 9.13. The van der Waals surface area contributed by atoms with Gasteiger partial charge in [-0.25, -0.2) is 0 Å². The second kappa shape index (κ2) is 5.26. The van der Waals surface area contributed by atoms with Crippen LogP contribution in [0.15, 0.2) is 24.3 Å². The molecule has 2 nitrogen and oxygen atoms in total. The highest BCUT2D eigenvalue weighted by Crippen LogP contribution is 2.51. The van der Waals surface area contributed by atoms with Crippen LogP contribution in [0.1, 0.15) is 43.2 Å². The topological polar surface area (TPSA) is 23.5 Å². The highest BCUT2D eigenvalue weighted by atomic mass is 16.3. The summed E-state index contributed by atoms with van der Waals surface area (Å²) in [5.74, 6) is 0. The van der Waals surface area contributed by atoms with Crippen LogP contribution < -0.4 is 0 Å². The Morgan fingerprint density at radius 2 is 1.79 bits per heavy atom. The Bertz CT molecular complexity index is 413. The maximum Gasteiger partial charge on any atom is 0.0564 e. The molecule has 2 aliphatic rings. The molecule has 19 heavy (non-hydrogen) atoms. The molecule has 0 atom stereocenters. The molecule has 1 heterocycles. The Kier molecular flexibility index (Phi) is 3.64. The molecule has 0 amide bonds. The summed E-state index contributed by atoms with van der Waals surface area (Å²) in [6.45, 7) is 5.50. The van der Waals surface area contributed by atoms with Gasteiger partial charge >= 0.3 is 0 Å². The molecule has 1 saturated carbocycles. The largest absolute Gasteiger partial charge is 0.393 e. The number of hydrogen-bond donors (Lipinski definition) is 1. The monoisotopic (exact) mass is 259 g/mol. The van der Waals surface area contributed by atoms with Gasteiger partial charge in [0, 0.05) is 13.1 Å². The van der Waals surface area contributed by atoms with Gasteiger partial charge in [-0.3, -0.25) is 0 Å². The van der Waals surface area contributed by atoms with E-state index in [2.05, 4.69) is 36.1 Å². The summed E-state index contributed by atoms with van der Waals surface area (Å²) in [5.41, 5.74) is 3.36. The van der Waals surface area contributed by atoms with E-state index in [4.69, 9.17) is 0 Å². The van der Waals surface area contributed by atoms with E-state index >= 15 is 0 Å². The van der Waals surface area contributed by atoms with E-state index in [-0.39, 0.29) is 6.10 Å². The maximum absolute atomic E-state index is 9.54. The van der Waals surface area contributed by atoms with Crippen LogP contribution in [0.3, 0.4) is 0 Å². The zero-order valence-corrected chi connectivity index (χ0v) is 11.9. The second-order valence-corrected chi connectivity index (χ2v) is 6.47. The lowest BCUT2D eigenvalue weighted by Gasteiger charge is -2.30. The fourth-order valence-corrected chi connectivity index (χ4v) is 3.26. The van der Waals surface area contributed by atoms with Gasteiger partial charge in [-0.1, -0.05) is 29.8 Å². The van der Waals surface area contributed by atoms with Crippen LogP contribution in [-0.4, -0.2) is 35.7 Å². The normalized spacial score (nSPS) is 23.5. The zero-order valence-electron chi connectivity index (χ0n) is 11.9. The molecule has 1 aromatic carbocycles. The van der Waals surface area contributed by atoms with Crippen molar-refractivity contribution >= 4 is 0 Å². The molecule has 0 bridgehead atoms. The van der Waals surface area contributed by atoms with Crippen molar-refractivity contribution in [3.8, 4) is 0 Å².